The first-order valence-electron chi connectivity index (χ1n) is 7.09. The summed E-state index contributed by atoms with van der Waals surface area (Å²) in [5.74, 6) is 0. The molecule has 102 valence electrons. The molecular formula is C15H22N4. The van der Waals surface area contributed by atoms with Gasteiger partial charge in [0.1, 0.15) is 5.65 Å². The first-order valence-corrected chi connectivity index (χ1v) is 7.09. The molecule has 2 aromatic rings. The Kier molecular flexibility index (Phi) is 3.53. The summed E-state index contributed by atoms with van der Waals surface area (Å²) >= 11 is 0. The van der Waals surface area contributed by atoms with Gasteiger partial charge in [-0.2, -0.15) is 0 Å². The van der Waals surface area contributed by atoms with Crippen molar-refractivity contribution >= 4 is 11.0 Å². The number of hydrogen-bond acceptors (Lipinski definition) is 3. The molecule has 2 N–H and O–H groups in total. The summed E-state index contributed by atoms with van der Waals surface area (Å²) < 4.78 is 0. The molecule has 2 heterocycles. The number of fused-ring (bicyclic) bond motifs is 1. The molecule has 0 aromatic carbocycles. The van der Waals surface area contributed by atoms with Crippen molar-refractivity contribution in [3.8, 4) is 0 Å². The van der Waals surface area contributed by atoms with Crippen LogP contribution in [0.4, 0.5) is 0 Å². The highest BCUT2D eigenvalue weighted by molar-refractivity contribution is 5.79. The van der Waals surface area contributed by atoms with Gasteiger partial charge < -0.3 is 10.3 Å². The van der Waals surface area contributed by atoms with E-state index >= 15 is 0 Å². The zero-order valence-corrected chi connectivity index (χ0v) is 11.7. The fraction of sp³-hybridized carbons (Fsp3) is 0.533. The molecule has 3 rings (SSSR count). The highest BCUT2D eigenvalue weighted by atomic mass is 15.2. The highest BCUT2D eigenvalue weighted by Gasteiger charge is 2.28. The van der Waals surface area contributed by atoms with E-state index in [0.29, 0.717) is 6.04 Å². The minimum absolute atomic E-state index is 0.593. The van der Waals surface area contributed by atoms with Crippen LogP contribution in [-0.2, 0) is 6.54 Å². The fourth-order valence-electron chi connectivity index (χ4n) is 2.56. The Labute approximate surface area is 114 Å². The Morgan fingerprint density at radius 1 is 1.53 bits per heavy atom. The summed E-state index contributed by atoms with van der Waals surface area (Å²) in [6.45, 7) is 4.22. The molecule has 1 saturated carbocycles. The third-order valence-corrected chi connectivity index (χ3v) is 4.11. The van der Waals surface area contributed by atoms with Crippen molar-refractivity contribution in [3.05, 3.63) is 30.1 Å². The predicted octanol–water partition coefficient (Wildman–Crippen LogP) is 2.14. The molecule has 0 saturated heterocycles. The number of likely N-dealkylation sites (N-methyl/N-ethyl adjacent to an activating group) is 1. The molecule has 1 aliphatic carbocycles. The molecule has 4 nitrogen and oxygen atoms in total. The molecule has 0 bridgehead atoms. The normalized spacial score (nSPS) is 17.2. The summed E-state index contributed by atoms with van der Waals surface area (Å²) in [6, 6.07) is 5.53. The standard InChI is InChI=1S/C15H22N4/c1-11(19(2)13-5-6-13)8-16-9-12-10-18-15-14(12)4-3-7-17-15/h3-4,7,10-11,13,16H,5-6,8-9H2,1-2H3,(H,17,18). The molecule has 0 amide bonds. The summed E-state index contributed by atoms with van der Waals surface area (Å²) in [5.41, 5.74) is 2.27. The van der Waals surface area contributed by atoms with Crippen molar-refractivity contribution in [2.75, 3.05) is 13.6 Å². The number of pyridine rings is 1. The summed E-state index contributed by atoms with van der Waals surface area (Å²) in [5, 5.41) is 4.77. The van der Waals surface area contributed by atoms with Gasteiger partial charge in [0, 0.05) is 43.0 Å². The van der Waals surface area contributed by atoms with Gasteiger partial charge in [-0.15, -0.1) is 0 Å². The lowest BCUT2D eigenvalue weighted by Gasteiger charge is -2.24. The Bertz CT molecular complexity index is 544. The average molecular weight is 258 g/mol. The van der Waals surface area contributed by atoms with Gasteiger partial charge in [0.05, 0.1) is 0 Å². The van der Waals surface area contributed by atoms with Crippen LogP contribution in [0.25, 0.3) is 11.0 Å². The highest BCUT2D eigenvalue weighted by Crippen LogP contribution is 2.26. The van der Waals surface area contributed by atoms with Crippen LogP contribution >= 0.6 is 0 Å². The van der Waals surface area contributed by atoms with Crippen molar-refractivity contribution in [2.45, 2.75) is 38.4 Å². The Morgan fingerprint density at radius 2 is 2.37 bits per heavy atom. The lowest BCUT2D eigenvalue weighted by atomic mass is 10.2. The van der Waals surface area contributed by atoms with Crippen LogP contribution in [0.5, 0.6) is 0 Å². The molecule has 1 aliphatic rings. The maximum Gasteiger partial charge on any atom is 0.137 e. The maximum absolute atomic E-state index is 4.31. The molecule has 4 heteroatoms. The number of rotatable bonds is 6. The average Bonchev–Trinajstić information content (AvgIpc) is 3.20. The van der Waals surface area contributed by atoms with Crippen LogP contribution in [0.15, 0.2) is 24.5 Å². The summed E-state index contributed by atoms with van der Waals surface area (Å²) in [7, 11) is 2.24. The van der Waals surface area contributed by atoms with Crippen molar-refractivity contribution < 1.29 is 0 Å². The number of hydrogen-bond donors (Lipinski definition) is 2. The van der Waals surface area contributed by atoms with Gasteiger partial charge in [-0.1, -0.05) is 0 Å². The van der Waals surface area contributed by atoms with Gasteiger partial charge in [-0.3, -0.25) is 4.90 Å². The smallest absolute Gasteiger partial charge is 0.137 e. The Morgan fingerprint density at radius 3 is 3.16 bits per heavy atom. The molecule has 0 spiro atoms. The summed E-state index contributed by atoms with van der Waals surface area (Å²) in [6.07, 6.45) is 6.62. The minimum atomic E-state index is 0.593. The van der Waals surface area contributed by atoms with Gasteiger partial charge in [0.15, 0.2) is 0 Å². The van der Waals surface area contributed by atoms with Crippen LogP contribution in [-0.4, -0.2) is 40.5 Å². The van der Waals surface area contributed by atoms with Crippen LogP contribution < -0.4 is 5.32 Å². The molecule has 0 radical (unpaired) electrons. The van der Waals surface area contributed by atoms with Crippen LogP contribution in [0, 0.1) is 0 Å². The lowest BCUT2D eigenvalue weighted by molar-refractivity contribution is 0.241. The van der Waals surface area contributed by atoms with Gasteiger partial charge in [0.2, 0.25) is 0 Å². The number of H-pyrrole nitrogens is 1. The van der Waals surface area contributed by atoms with Gasteiger partial charge in [-0.05, 0) is 44.5 Å². The van der Waals surface area contributed by atoms with E-state index in [1.165, 1.54) is 23.8 Å². The van der Waals surface area contributed by atoms with Gasteiger partial charge in [-0.25, -0.2) is 4.98 Å². The molecule has 0 aliphatic heterocycles. The predicted molar refractivity (Wildman–Crippen MR) is 78.0 cm³/mol. The third kappa shape index (κ3) is 2.80. The maximum atomic E-state index is 4.31. The first-order chi connectivity index (χ1) is 9.25. The first kappa shape index (κ1) is 12.6. The number of nitrogens with one attached hydrogen (secondary N) is 2. The van der Waals surface area contributed by atoms with Crippen LogP contribution in [0.2, 0.25) is 0 Å². The van der Waals surface area contributed by atoms with Crippen LogP contribution in [0.1, 0.15) is 25.3 Å². The SMILES string of the molecule is CC(CNCc1c[nH]c2ncccc12)N(C)C1CC1. The topological polar surface area (TPSA) is 44.0 Å². The monoisotopic (exact) mass is 258 g/mol. The van der Waals surface area contributed by atoms with E-state index in [0.717, 1.165) is 24.8 Å². The molecule has 1 fully saturated rings. The van der Waals surface area contributed by atoms with Crippen molar-refractivity contribution in [1.82, 2.24) is 20.2 Å². The Balaban J connectivity index is 1.54. The van der Waals surface area contributed by atoms with E-state index in [-0.39, 0.29) is 0 Å². The second-order valence-electron chi connectivity index (χ2n) is 5.59. The van der Waals surface area contributed by atoms with E-state index in [1.54, 1.807) is 0 Å². The van der Waals surface area contributed by atoms with E-state index in [4.69, 9.17) is 0 Å². The quantitative estimate of drug-likeness (QED) is 0.834. The zero-order chi connectivity index (χ0) is 13.2. The van der Waals surface area contributed by atoms with E-state index in [1.807, 2.05) is 12.3 Å². The number of aromatic amines is 1. The summed E-state index contributed by atoms with van der Waals surface area (Å²) in [4.78, 5) is 10.0. The largest absolute Gasteiger partial charge is 0.346 e. The van der Waals surface area contributed by atoms with E-state index in [2.05, 4.69) is 46.4 Å². The molecule has 2 aromatic heterocycles. The Hall–Kier alpha value is -1.39. The second kappa shape index (κ2) is 5.31. The van der Waals surface area contributed by atoms with Crippen molar-refractivity contribution in [3.63, 3.8) is 0 Å². The molecular weight excluding hydrogens is 236 g/mol. The molecule has 1 unspecified atom stereocenters. The van der Waals surface area contributed by atoms with Gasteiger partial charge >= 0.3 is 0 Å². The fourth-order valence-corrected chi connectivity index (χ4v) is 2.56. The van der Waals surface area contributed by atoms with Crippen LogP contribution in [0.3, 0.4) is 0 Å². The molecule has 1 atom stereocenters. The second-order valence-corrected chi connectivity index (χ2v) is 5.59. The van der Waals surface area contributed by atoms with E-state index in [9.17, 15) is 0 Å². The molecule has 19 heavy (non-hydrogen) atoms. The number of nitrogens with zero attached hydrogens (tertiary/aromatic N) is 2. The van der Waals surface area contributed by atoms with Gasteiger partial charge in [0.25, 0.3) is 0 Å². The van der Waals surface area contributed by atoms with Crippen molar-refractivity contribution in [1.29, 1.82) is 0 Å². The lowest BCUT2D eigenvalue weighted by Crippen LogP contribution is -2.38. The van der Waals surface area contributed by atoms with E-state index < -0.39 is 0 Å². The third-order valence-electron chi connectivity index (χ3n) is 4.11. The van der Waals surface area contributed by atoms with Crippen molar-refractivity contribution in [2.24, 2.45) is 0 Å². The zero-order valence-electron chi connectivity index (χ0n) is 11.7. The number of aromatic nitrogens is 2. The minimum Gasteiger partial charge on any atom is -0.346 e.